The number of benzene rings is 2. The van der Waals surface area contributed by atoms with Gasteiger partial charge in [0.2, 0.25) is 0 Å². The maximum Gasteiger partial charge on any atom is 0.163 e. The molecule has 1 N–H and O–H groups in total. The minimum absolute atomic E-state index is 0.224. The van der Waals surface area contributed by atoms with Crippen LogP contribution in [0.5, 0.6) is 0 Å². The van der Waals surface area contributed by atoms with E-state index >= 15 is 0 Å². The molecular weight excluding hydrogens is 327 g/mol. The monoisotopic (exact) mass is 348 g/mol. The summed E-state index contributed by atoms with van der Waals surface area (Å²) in [6, 6.07) is 18.5. The summed E-state index contributed by atoms with van der Waals surface area (Å²) in [6.07, 6.45) is 2.39. The van der Waals surface area contributed by atoms with Gasteiger partial charge in [0.05, 0.1) is 0 Å². The van der Waals surface area contributed by atoms with Gasteiger partial charge >= 0.3 is 0 Å². The van der Waals surface area contributed by atoms with E-state index < -0.39 is 0 Å². The summed E-state index contributed by atoms with van der Waals surface area (Å²) in [4.78, 5) is 11.8. The zero-order valence-electron chi connectivity index (χ0n) is 14.5. The Morgan fingerprint density at radius 1 is 0.923 bits per heavy atom. The van der Waals surface area contributed by atoms with Crippen LogP contribution in [0.1, 0.15) is 18.4 Å². The highest BCUT2D eigenvalue weighted by Crippen LogP contribution is 2.25. The number of aromatic nitrogens is 2. The fourth-order valence-electron chi connectivity index (χ4n) is 3.14. The van der Waals surface area contributed by atoms with E-state index in [1.54, 1.807) is 12.1 Å². The molecule has 0 bridgehead atoms. The Bertz CT molecular complexity index is 859. The lowest BCUT2D eigenvalue weighted by Crippen LogP contribution is -2.20. The van der Waals surface area contributed by atoms with Crippen molar-refractivity contribution in [2.45, 2.75) is 19.4 Å². The van der Waals surface area contributed by atoms with Crippen molar-refractivity contribution in [3.05, 3.63) is 72.0 Å². The van der Waals surface area contributed by atoms with Gasteiger partial charge in [-0.25, -0.2) is 14.4 Å². The number of halogens is 1. The van der Waals surface area contributed by atoms with Gasteiger partial charge in [-0.15, -0.1) is 0 Å². The second-order valence-electron chi connectivity index (χ2n) is 6.48. The van der Waals surface area contributed by atoms with Crippen molar-refractivity contribution in [3.63, 3.8) is 0 Å². The molecule has 1 aromatic heterocycles. The van der Waals surface area contributed by atoms with E-state index in [0.29, 0.717) is 6.54 Å². The summed E-state index contributed by atoms with van der Waals surface area (Å²) in [7, 11) is 0. The maximum atomic E-state index is 13.1. The van der Waals surface area contributed by atoms with Crippen molar-refractivity contribution in [1.82, 2.24) is 9.97 Å². The molecule has 1 aliphatic rings. The van der Waals surface area contributed by atoms with Crippen molar-refractivity contribution in [3.8, 4) is 11.4 Å². The second-order valence-corrected chi connectivity index (χ2v) is 6.48. The average molecular weight is 348 g/mol. The molecule has 0 aliphatic carbocycles. The Labute approximate surface area is 152 Å². The smallest absolute Gasteiger partial charge is 0.163 e. The quantitative estimate of drug-likeness (QED) is 0.737. The summed E-state index contributed by atoms with van der Waals surface area (Å²) < 4.78 is 13.1. The zero-order chi connectivity index (χ0) is 17.8. The lowest BCUT2D eigenvalue weighted by Gasteiger charge is -2.18. The van der Waals surface area contributed by atoms with Crippen LogP contribution in [0.2, 0.25) is 0 Å². The lowest BCUT2D eigenvalue weighted by molar-refractivity contribution is 0.627. The molecule has 2 heterocycles. The summed E-state index contributed by atoms with van der Waals surface area (Å²) in [5.41, 5.74) is 2.01. The molecule has 5 heteroatoms. The largest absolute Gasteiger partial charge is 0.366 e. The van der Waals surface area contributed by atoms with Crippen LogP contribution in [0.25, 0.3) is 11.4 Å². The van der Waals surface area contributed by atoms with Crippen molar-refractivity contribution in [1.29, 1.82) is 0 Å². The SMILES string of the molecule is Fc1ccc(CNc2cc(N3CCCC3)nc(-c3ccccc3)n2)cc1. The Morgan fingerprint density at radius 2 is 1.65 bits per heavy atom. The molecular formula is C21H21FN4. The fraction of sp³-hybridized carbons (Fsp3) is 0.238. The van der Waals surface area contributed by atoms with Gasteiger partial charge in [0.25, 0.3) is 0 Å². The van der Waals surface area contributed by atoms with E-state index in [2.05, 4.69) is 15.2 Å². The van der Waals surface area contributed by atoms with Crippen molar-refractivity contribution in [2.75, 3.05) is 23.3 Å². The summed E-state index contributed by atoms with van der Waals surface area (Å²) in [5.74, 6) is 2.23. The number of nitrogens with zero attached hydrogens (tertiary/aromatic N) is 3. The first-order valence-corrected chi connectivity index (χ1v) is 8.96. The predicted octanol–water partition coefficient (Wildman–Crippen LogP) is 4.50. The Morgan fingerprint density at radius 3 is 2.38 bits per heavy atom. The number of anilines is 2. The van der Waals surface area contributed by atoms with Gasteiger partial charge in [-0.1, -0.05) is 42.5 Å². The van der Waals surface area contributed by atoms with Gasteiger partial charge in [-0.2, -0.15) is 0 Å². The molecule has 0 radical (unpaired) electrons. The molecule has 2 aromatic carbocycles. The molecule has 3 aromatic rings. The molecule has 1 saturated heterocycles. The predicted molar refractivity (Wildman–Crippen MR) is 103 cm³/mol. The van der Waals surface area contributed by atoms with Crippen LogP contribution in [0.15, 0.2) is 60.7 Å². The van der Waals surface area contributed by atoms with Crippen molar-refractivity contribution < 1.29 is 4.39 Å². The van der Waals surface area contributed by atoms with E-state index in [0.717, 1.165) is 41.7 Å². The molecule has 4 rings (SSSR count). The number of hydrogen-bond donors (Lipinski definition) is 1. The lowest BCUT2D eigenvalue weighted by atomic mass is 10.2. The summed E-state index contributed by atoms with van der Waals surface area (Å²) in [5, 5.41) is 3.35. The second kappa shape index (κ2) is 7.52. The highest BCUT2D eigenvalue weighted by Gasteiger charge is 2.16. The molecule has 0 spiro atoms. The zero-order valence-corrected chi connectivity index (χ0v) is 14.5. The minimum Gasteiger partial charge on any atom is -0.366 e. The highest BCUT2D eigenvalue weighted by atomic mass is 19.1. The molecule has 0 saturated carbocycles. The molecule has 1 fully saturated rings. The van der Waals surface area contributed by atoms with E-state index in [9.17, 15) is 4.39 Å². The van der Waals surface area contributed by atoms with E-state index in [1.807, 2.05) is 36.4 Å². The third-order valence-electron chi connectivity index (χ3n) is 4.56. The standard InChI is InChI=1S/C21H21FN4/c22-18-10-8-16(9-11-18)15-23-19-14-20(26-12-4-5-13-26)25-21(24-19)17-6-2-1-3-7-17/h1-3,6-11,14H,4-5,12-13,15H2,(H,23,24,25). The van der Waals surface area contributed by atoms with Crippen LogP contribution in [0, 0.1) is 5.82 Å². The normalized spacial score (nSPS) is 13.8. The first-order valence-electron chi connectivity index (χ1n) is 8.96. The summed E-state index contributed by atoms with van der Waals surface area (Å²) in [6.45, 7) is 2.65. The third kappa shape index (κ3) is 3.82. The van der Waals surface area contributed by atoms with Gasteiger partial charge in [-0.3, -0.25) is 0 Å². The topological polar surface area (TPSA) is 41.0 Å². The minimum atomic E-state index is -0.224. The Kier molecular flexibility index (Phi) is 4.78. The number of hydrogen-bond acceptors (Lipinski definition) is 4. The van der Waals surface area contributed by atoms with Gasteiger partial charge in [0, 0.05) is 31.3 Å². The number of rotatable bonds is 5. The van der Waals surface area contributed by atoms with E-state index in [4.69, 9.17) is 4.98 Å². The molecule has 0 atom stereocenters. The molecule has 1 aliphatic heterocycles. The van der Waals surface area contributed by atoms with Gasteiger partial charge < -0.3 is 10.2 Å². The van der Waals surface area contributed by atoms with Gasteiger partial charge in [0.15, 0.2) is 5.82 Å². The Balaban J connectivity index is 1.61. The molecule has 132 valence electrons. The van der Waals surface area contributed by atoms with E-state index in [1.165, 1.54) is 25.0 Å². The Hall–Kier alpha value is -2.95. The van der Waals surface area contributed by atoms with Gasteiger partial charge in [0.1, 0.15) is 17.5 Å². The first kappa shape index (κ1) is 16.5. The maximum absolute atomic E-state index is 13.1. The third-order valence-corrected chi connectivity index (χ3v) is 4.56. The average Bonchev–Trinajstić information content (AvgIpc) is 3.23. The van der Waals surface area contributed by atoms with Crippen LogP contribution in [0.4, 0.5) is 16.0 Å². The van der Waals surface area contributed by atoms with Crippen LogP contribution in [-0.4, -0.2) is 23.1 Å². The molecule has 4 nitrogen and oxygen atoms in total. The highest BCUT2D eigenvalue weighted by molar-refractivity contribution is 5.62. The number of nitrogens with one attached hydrogen (secondary N) is 1. The van der Waals surface area contributed by atoms with Crippen LogP contribution in [-0.2, 0) is 6.54 Å². The fourth-order valence-corrected chi connectivity index (χ4v) is 3.14. The van der Waals surface area contributed by atoms with Crippen LogP contribution in [0.3, 0.4) is 0 Å². The van der Waals surface area contributed by atoms with Gasteiger partial charge in [-0.05, 0) is 30.5 Å². The first-order chi connectivity index (χ1) is 12.8. The summed E-state index contributed by atoms with van der Waals surface area (Å²) >= 11 is 0. The van der Waals surface area contributed by atoms with Crippen LogP contribution < -0.4 is 10.2 Å². The van der Waals surface area contributed by atoms with Crippen molar-refractivity contribution in [2.24, 2.45) is 0 Å². The molecule has 0 unspecified atom stereocenters. The molecule has 26 heavy (non-hydrogen) atoms. The molecule has 0 amide bonds. The van der Waals surface area contributed by atoms with Crippen molar-refractivity contribution >= 4 is 11.6 Å². The van der Waals surface area contributed by atoms with Crippen LogP contribution >= 0.6 is 0 Å². The van der Waals surface area contributed by atoms with E-state index in [-0.39, 0.29) is 5.82 Å².